The van der Waals surface area contributed by atoms with Gasteiger partial charge in [0.2, 0.25) is 8.32 Å². The molecule has 0 aromatic rings. The Morgan fingerprint density at radius 2 is 1.71 bits per heavy atom. The second-order valence-electron chi connectivity index (χ2n) is 7.35. The Bertz CT molecular complexity index is 586. The van der Waals surface area contributed by atoms with E-state index in [0.29, 0.717) is 17.6 Å². The van der Waals surface area contributed by atoms with Crippen LogP contribution >= 0.6 is 0 Å². The van der Waals surface area contributed by atoms with Crippen LogP contribution in [0, 0.1) is 5.92 Å². The van der Waals surface area contributed by atoms with Crippen LogP contribution in [0.2, 0.25) is 18.1 Å². The van der Waals surface area contributed by atoms with E-state index >= 15 is 0 Å². The fraction of sp³-hybridized carbons (Fsp3) is 0.529. The largest absolute Gasteiger partial charge is 0.546 e. The van der Waals surface area contributed by atoms with Crippen molar-refractivity contribution in [3.05, 3.63) is 35.1 Å². The number of rotatable bonds is 2. The molecule has 0 bridgehead atoms. The van der Waals surface area contributed by atoms with Gasteiger partial charge in [0.1, 0.15) is 0 Å². The third-order valence-corrected chi connectivity index (χ3v) is 9.18. The highest BCUT2D eigenvalue weighted by molar-refractivity contribution is 6.74. The fourth-order valence-electron chi connectivity index (χ4n) is 2.41. The maximum Gasteiger partial charge on any atom is 0.250 e. The minimum absolute atomic E-state index is 0.0425. The number of carbonyl (C=O) groups is 2. The summed E-state index contributed by atoms with van der Waals surface area (Å²) >= 11 is 0. The molecular weight excluding hydrogens is 280 g/mol. The van der Waals surface area contributed by atoms with Crippen molar-refractivity contribution in [1.29, 1.82) is 0 Å². The second-order valence-corrected chi connectivity index (χ2v) is 12.1. The molecule has 3 nitrogen and oxygen atoms in total. The van der Waals surface area contributed by atoms with Crippen LogP contribution in [0.25, 0.3) is 0 Å². The van der Waals surface area contributed by atoms with Crippen molar-refractivity contribution in [2.45, 2.75) is 52.2 Å². The van der Waals surface area contributed by atoms with Crippen molar-refractivity contribution in [2.75, 3.05) is 0 Å². The van der Waals surface area contributed by atoms with Crippen LogP contribution in [0.4, 0.5) is 0 Å². The number of hydrogen-bond acceptors (Lipinski definition) is 3. The van der Waals surface area contributed by atoms with E-state index in [1.807, 2.05) is 13.0 Å². The molecule has 0 fully saturated rings. The summed E-state index contributed by atoms with van der Waals surface area (Å²) in [5.74, 6) is 0.627. The summed E-state index contributed by atoms with van der Waals surface area (Å²) in [6, 6.07) is 0. The van der Waals surface area contributed by atoms with E-state index in [2.05, 4.69) is 33.9 Å². The molecule has 0 saturated heterocycles. The molecule has 0 heterocycles. The molecule has 0 unspecified atom stereocenters. The van der Waals surface area contributed by atoms with E-state index in [9.17, 15) is 9.59 Å². The van der Waals surface area contributed by atoms with Gasteiger partial charge in [-0.25, -0.2) is 0 Å². The average molecular weight is 304 g/mol. The van der Waals surface area contributed by atoms with E-state index in [1.165, 1.54) is 12.2 Å². The van der Waals surface area contributed by atoms with Gasteiger partial charge in [-0.05, 0) is 42.8 Å². The second kappa shape index (κ2) is 5.09. The molecular formula is C17H24O3Si. The molecule has 114 valence electrons. The summed E-state index contributed by atoms with van der Waals surface area (Å²) in [4.78, 5) is 24.0. The quantitative estimate of drug-likeness (QED) is 0.573. The fourth-order valence-corrected chi connectivity index (χ4v) is 3.56. The Kier molecular flexibility index (Phi) is 3.87. The van der Waals surface area contributed by atoms with Gasteiger partial charge < -0.3 is 4.43 Å². The summed E-state index contributed by atoms with van der Waals surface area (Å²) in [5.41, 5.74) is 1.26. The molecule has 2 aliphatic carbocycles. The Hall–Kier alpha value is -1.42. The predicted molar refractivity (Wildman–Crippen MR) is 86.3 cm³/mol. The van der Waals surface area contributed by atoms with Crippen LogP contribution in [0.15, 0.2) is 35.1 Å². The lowest BCUT2D eigenvalue weighted by atomic mass is 9.80. The predicted octanol–water partition coefficient (Wildman–Crippen LogP) is 3.94. The Balaban J connectivity index is 2.28. The van der Waals surface area contributed by atoms with Crippen LogP contribution in [0.3, 0.4) is 0 Å². The molecule has 0 saturated carbocycles. The summed E-state index contributed by atoms with van der Waals surface area (Å²) < 4.78 is 6.37. The van der Waals surface area contributed by atoms with Crippen molar-refractivity contribution in [3.8, 4) is 0 Å². The zero-order chi connectivity index (χ0) is 16.0. The van der Waals surface area contributed by atoms with Gasteiger partial charge in [-0.3, -0.25) is 9.59 Å². The van der Waals surface area contributed by atoms with Crippen LogP contribution in [-0.4, -0.2) is 19.9 Å². The zero-order valence-corrected chi connectivity index (χ0v) is 14.7. The lowest BCUT2D eigenvalue weighted by molar-refractivity contribution is -0.115. The third kappa shape index (κ3) is 2.82. The van der Waals surface area contributed by atoms with E-state index in [0.717, 1.165) is 5.76 Å². The smallest absolute Gasteiger partial charge is 0.250 e. The topological polar surface area (TPSA) is 43.4 Å². The number of ketones is 2. The van der Waals surface area contributed by atoms with Crippen LogP contribution in [0.5, 0.6) is 0 Å². The first kappa shape index (κ1) is 16.0. The highest BCUT2D eigenvalue weighted by Crippen LogP contribution is 2.42. The van der Waals surface area contributed by atoms with Crippen LogP contribution in [0.1, 0.15) is 34.1 Å². The minimum Gasteiger partial charge on any atom is -0.546 e. The molecule has 4 heteroatoms. The van der Waals surface area contributed by atoms with Gasteiger partial charge in [0, 0.05) is 17.1 Å². The molecule has 0 aromatic carbocycles. The van der Waals surface area contributed by atoms with Gasteiger partial charge in [0.25, 0.3) is 0 Å². The molecule has 0 spiro atoms. The Morgan fingerprint density at radius 1 is 1.14 bits per heavy atom. The zero-order valence-electron chi connectivity index (χ0n) is 13.7. The molecule has 2 aliphatic rings. The maximum absolute atomic E-state index is 12.1. The monoisotopic (exact) mass is 304 g/mol. The van der Waals surface area contributed by atoms with E-state index in [1.54, 1.807) is 0 Å². The lowest BCUT2D eigenvalue weighted by Crippen LogP contribution is -2.42. The van der Waals surface area contributed by atoms with Gasteiger partial charge in [0.05, 0.1) is 5.76 Å². The van der Waals surface area contributed by atoms with Crippen LogP contribution < -0.4 is 0 Å². The molecule has 0 amide bonds. The highest BCUT2D eigenvalue weighted by atomic mass is 28.4. The van der Waals surface area contributed by atoms with Crippen molar-refractivity contribution in [1.82, 2.24) is 0 Å². The number of carbonyl (C=O) groups excluding carboxylic acids is 2. The van der Waals surface area contributed by atoms with Gasteiger partial charge in [-0.1, -0.05) is 27.7 Å². The number of allylic oxidation sites excluding steroid dienone is 5. The van der Waals surface area contributed by atoms with Crippen molar-refractivity contribution >= 4 is 19.9 Å². The molecule has 0 aromatic heterocycles. The highest BCUT2D eigenvalue weighted by Gasteiger charge is 2.41. The first-order valence-corrected chi connectivity index (χ1v) is 10.3. The van der Waals surface area contributed by atoms with E-state index in [4.69, 9.17) is 4.43 Å². The van der Waals surface area contributed by atoms with Crippen molar-refractivity contribution in [3.63, 3.8) is 0 Å². The molecule has 1 atom stereocenters. The summed E-state index contributed by atoms with van der Waals surface area (Å²) in [6.45, 7) is 12.9. The van der Waals surface area contributed by atoms with E-state index in [-0.39, 0.29) is 22.5 Å². The van der Waals surface area contributed by atoms with Crippen molar-refractivity contribution < 1.29 is 14.0 Å². The third-order valence-electron chi connectivity index (χ3n) is 4.82. The van der Waals surface area contributed by atoms with Gasteiger partial charge in [-0.15, -0.1) is 0 Å². The minimum atomic E-state index is -1.93. The average Bonchev–Trinajstić information content (AvgIpc) is 2.35. The molecule has 21 heavy (non-hydrogen) atoms. The maximum atomic E-state index is 12.1. The Labute approximate surface area is 127 Å². The number of hydrogen-bond donors (Lipinski definition) is 0. The molecule has 0 aliphatic heterocycles. The summed E-state index contributed by atoms with van der Waals surface area (Å²) in [5, 5.41) is 0.106. The van der Waals surface area contributed by atoms with Gasteiger partial charge in [-0.2, -0.15) is 0 Å². The molecule has 0 N–H and O–H groups in total. The standard InChI is InChI=1S/C17H24O3Si/c1-11-15(20-21(5,6)17(2,3)4)10-7-12-13(18)8-9-14(19)16(11)12/h8-11H,7H2,1-6H3/t11-/m1/s1. The Morgan fingerprint density at radius 3 is 2.29 bits per heavy atom. The van der Waals surface area contributed by atoms with Crippen LogP contribution in [-0.2, 0) is 14.0 Å². The SMILES string of the molecule is C[C@@H]1C(O[Si](C)(C)C(C)(C)C)=CCC2=C1C(=O)C=CC2=O. The normalized spacial score (nSPS) is 23.1. The first-order chi connectivity index (χ1) is 9.54. The molecule has 2 rings (SSSR count). The van der Waals surface area contributed by atoms with Gasteiger partial charge >= 0.3 is 0 Å². The summed E-state index contributed by atoms with van der Waals surface area (Å²) in [7, 11) is -1.93. The van der Waals surface area contributed by atoms with Gasteiger partial charge in [0.15, 0.2) is 11.6 Å². The first-order valence-electron chi connectivity index (χ1n) is 7.43. The lowest BCUT2D eigenvalue weighted by Gasteiger charge is -2.40. The van der Waals surface area contributed by atoms with Crippen molar-refractivity contribution in [2.24, 2.45) is 5.92 Å². The summed E-state index contributed by atoms with van der Waals surface area (Å²) in [6.07, 6.45) is 5.24. The van der Waals surface area contributed by atoms with E-state index < -0.39 is 8.32 Å². The molecule has 0 radical (unpaired) electrons.